The summed E-state index contributed by atoms with van der Waals surface area (Å²) in [6.07, 6.45) is 0. The number of hydrogen-bond donors (Lipinski definition) is 3. The van der Waals surface area contributed by atoms with E-state index in [1.165, 1.54) is 4.68 Å². The Balaban J connectivity index is 1.33. The Morgan fingerprint density at radius 3 is 1.66 bits per heavy atom. The Hall–Kier alpha value is -5.16. The molecule has 5 rings (SSSR count). The largest absolute Gasteiger partial charge is 0.332 e. The molecule has 0 atom stereocenters. The number of anilines is 3. The number of nitrogens with zero attached hydrogens (tertiary/aromatic N) is 4. The van der Waals surface area contributed by atoms with Crippen molar-refractivity contribution in [3.63, 3.8) is 0 Å². The second kappa shape index (κ2) is 11.1. The maximum Gasteiger partial charge on any atom is 0.295 e. The molecule has 5 aromatic rings. The Labute approximate surface area is 241 Å². The molecular weight excluding hydrogens is 538 g/mol. The highest BCUT2D eigenvalue weighted by Gasteiger charge is 2.20. The van der Waals surface area contributed by atoms with Crippen molar-refractivity contribution >= 4 is 40.3 Å². The van der Waals surface area contributed by atoms with Gasteiger partial charge in [0, 0.05) is 25.3 Å². The van der Waals surface area contributed by atoms with Crippen LogP contribution in [0.15, 0.2) is 94.5 Å². The molecule has 1 amide bonds. The summed E-state index contributed by atoms with van der Waals surface area (Å²) in [5, 5.41) is 9.01. The smallest absolute Gasteiger partial charge is 0.295 e. The third kappa shape index (κ3) is 5.22. The highest BCUT2D eigenvalue weighted by Crippen LogP contribution is 2.18. The Morgan fingerprint density at radius 1 is 0.659 bits per heavy atom. The highest BCUT2D eigenvalue weighted by atomic mass is 32.1. The van der Waals surface area contributed by atoms with E-state index in [0.717, 1.165) is 5.69 Å². The summed E-state index contributed by atoms with van der Waals surface area (Å²) in [5.41, 5.74) is 3.59. The van der Waals surface area contributed by atoms with Gasteiger partial charge in [-0.25, -0.2) is 9.36 Å². The van der Waals surface area contributed by atoms with Crippen LogP contribution in [0.2, 0.25) is 0 Å². The van der Waals surface area contributed by atoms with Gasteiger partial charge in [-0.15, -0.1) is 0 Å². The van der Waals surface area contributed by atoms with Gasteiger partial charge in [-0.2, -0.15) is 0 Å². The molecule has 2 aromatic heterocycles. The predicted molar refractivity (Wildman–Crippen MR) is 166 cm³/mol. The quantitative estimate of drug-likeness (QED) is 0.264. The lowest BCUT2D eigenvalue weighted by Crippen LogP contribution is -2.25. The van der Waals surface area contributed by atoms with Gasteiger partial charge in [-0.3, -0.25) is 23.7 Å². The standard InChI is InChI=1S/C30H29N7O3S/c1-19-25(28(39)36(34(19)3)23-14-7-5-8-15-23)32-27(38)21-12-11-13-22(18-21)31-30(41)33-26-20(2)35(4)37(29(26)40)24-16-9-6-10-17-24/h5-18H,1-4H3,(H,32,38)(H2,31,33,41). The lowest BCUT2D eigenvalue weighted by atomic mass is 10.2. The van der Waals surface area contributed by atoms with Gasteiger partial charge in [0.05, 0.1) is 22.8 Å². The Bertz CT molecular complexity index is 1880. The van der Waals surface area contributed by atoms with Gasteiger partial charge in [0.2, 0.25) is 0 Å². The first-order valence-electron chi connectivity index (χ1n) is 12.8. The highest BCUT2D eigenvalue weighted by molar-refractivity contribution is 7.80. The van der Waals surface area contributed by atoms with Gasteiger partial charge in [-0.05, 0) is 68.5 Å². The molecule has 0 aliphatic heterocycles. The second-order valence-corrected chi connectivity index (χ2v) is 9.90. The van der Waals surface area contributed by atoms with E-state index >= 15 is 0 Å². The fraction of sp³-hybridized carbons (Fsp3) is 0.133. The minimum absolute atomic E-state index is 0.193. The van der Waals surface area contributed by atoms with Gasteiger partial charge in [0.1, 0.15) is 11.4 Å². The zero-order chi connectivity index (χ0) is 29.3. The van der Waals surface area contributed by atoms with Crippen LogP contribution in [0.5, 0.6) is 0 Å². The molecule has 0 radical (unpaired) electrons. The predicted octanol–water partition coefficient (Wildman–Crippen LogP) is 4.34. The molecule has 0 spiro atoms. The number of para-hydroxylation sites is 2. The molecule has 41 heavy (non-hydrogen) atoms. The molecule has 0 saturated heterocycles. The molecule has 0 aliphatic rings. The molecule has 3 N–H and O–H groups in total. The van der Waals surface area contributed by atoms with Gasteiger partial charge >= 0.3 is 0 Å². The van der Waals surface area contributed by atoms with Crippen LogP contribution in [0.4, 0.5) is 17.1 Å². The molecule has 0 unspecified atom stereocenters. The normalized spacial score (nSPS) is 10.8. The first kappa shape index (κ1) is 27.4. The summed E-state index contributed by atoms with van der Waals surface area (Å²) in [4.78, 5) is 39.6. The fourth-order valence-corrected chi connectivity index (χ4v) is 4.84. The average Bonchev–Trinajstić information content (AvgIpc) is 3.31. The summed E-state index contributed by atoms with van der Waals surface area (Å²) in [6, 6.07) is 25.3. The summed E-state index contributed by atoms with van der Waals surface area (Å²) in [7, 11) is 3.57. The van der Waals surface area contributed by atoms with Crippen molar-refractivity contribution < 1.29 is 4.79 Å². The van der Waals surface area contributed by atoms with E-state index in [0.29, 0.717) is 34.0 Å². The average molecular weight is 568 g/mol. The van der Waals surface area contributed by atoms with Crippen LogP contribution in [-0.4, -0.2) is 29.7 Å². The third-order valence-corrected chi connectivity index (χ3v) is 7.17. The maximum absolute atomic E-state index is 13.2. The van der Waals surface area contributed by atoms with Gasteiger partial charge < -0.3 is 16.0 Å². The molecule has 3 aromatic carbocycles. The van der Waals surface area contributed by atoms with Crippen molar-refractivity contribution in [2.45, 2.75) is 13.8 Å². The van der Waals surface area contributed by atoms with E-state index in [2.05, 4.69) is 16.0 Å². The van der Waals surface area contributed by atoms with E-state index in [1.807, 2.05) is 67.6 Å². The Morgan fingerprint density at radius 2 is 1.15 bits per heavy atom. The number of carbonyl (C=O) groups is 1. The minimum Gasteiger partial charge on any atom is -0.332 e. The molecular formula is C30H29N7O3S. The number of thiocarbonyl (C=S) groups is 1. The fourth-order valence-electron chi connectivity index (χ4n) is 4.62. The van der Waals surface area contributed by atoms with Crippen molar-refractivity contribution in [3.8, 4) is 11.4 Å². The van der Waals surface area contributed by atoms with E-state index in [4.69, 9.17) is 12.2 Å². The van der Waals surface area contributed by atoms with E-state index in [1.54, 1.807) is 59.3 Å². The minimum atomic E-state index is -0.441. The van der Waals surface area contributed by atoms with Crippen molar-refractivity contribution in [3.05, 3.63) is 123 Å². The molecule has 0 aliphatic carbocycles. The van der Waals surface area contributed by atoms with Crippen LogP contribution in [0, 0.1) is 13.8 Å². The van der Waals surface area contributed by atoms with E-state index < -0.39 is 5.91 Å². The summed E-state index contributed by atoms with van der Waals surface area (Å²) < 4.78 is 6.52. The van der Waals surface area contributed by atoms with Gasteiger partial charge in [0.25, 0.3) is 17.0 Å². The first-order chi connectivity index (χ1) is 19.7. The SMILES string of the molecule is Cc1c(NC(=O)c2cccc(NC(=S)Nc3c(C)n(C)n(-c4ccccc4)c3=O)c2)c(=O)n(-c2ccccc2)n1C. The molecule has 10 nitrogen and oxygen atoms in total. The van der Waals surface area contributed by atoms with Gasteiger partial charge in [0.15, 0.2) is 5.11 Å². The molecule has 0 bridgehead atoms. The number of aromatic nitrogens is 4. The zero-order valence-electron chi connectivity index (χ0n) is 23.0. The lowest BCUT2D eigenvalue weighted by molar-refractivity contribution is 0.102. The number of rotatable bonds is 6. The summed E-state index contributed by atoms with van der Waals surface area (Å²) >= 11 is 5.49. The van der Waals surface area contributed by atoms with Crippen LogP contribution < -0.4 is 27.1 Å². The zero-order valence-corrected chi connectivity index (χ0v) is 23.8. The molecule has 0 saturated carbocycles. The summed E-state index contributed by atoms with van der Waals surface area (Å²) in [6.45, 7) is 3.60. The molecule has 2 heterocycles. The van der Waals surface area contributed by atoms with Crippen LogP contribution in [0.3, 0.4) is 0 Å². The van der Waals surface area contributed by atoms with Crippen LogP contribution >= 0.6 is 12.2 Å². The maximum atomic E-state index is 13.2. The summed E-state index contributed by atoms with van der Waals surface area (Å²) in [5.74, 6) is -0.441. The molecule has 11 heteroatoms. The second-order valence-electron chi connectivity index (χ2n) is 9.49. The van der Waals surface area contributed by atoms with Crippen molar-refractivity contribution in [1.82, 2.24) is 18.7 Å². The first-order valence-corrected chi connectivity index (χ1v) is 13.3. The monoisotopic (exact) mass is 567 g/mol. The number of hydrogen-bond acceptors (Lipinski definition) is 4. The number of carbonyl (C=O) groups excluding carboxylic acids is 1. The van der Waals surface area contributed by atoms with Crippen LogP contribution in [0.25, 0.3) is 11.4 Å². The number of benzene rings is 3. The number of nitrogens with one attached hydrogen (secondary N) is 3. The topological polar surface area (TPSA) is 107 Å². The van der Waals surface area contributed by atoms with Gasteiger partial charge in [-0.1, -0.05) is 42.5 Å². The van der Waals surface area contributed by atoms with E-state index in [-0.39, 0.29) is 21.9 Å². The lowest BCUT2D eigenvalue weighted by Gasteiger charge is -2.11. The number of amides is 1. The van der Waals surface area contributed by atoms with Crippen LogP contribution in [0.1, 0.15) is 21.7 Å². The van der Waals surface area contributed by atoms with Crippen molar-refractivity contribution in [2.75, 3.05) is 16.0 Å². The Kier molecular flexibility index (Phi) is 7.45. The molecule has 208 valence electrons. The molecule has 0 fully saturated rings. The third-order valence-electron chi connectivity index (χ3n) is 6.97. The van der Waals surface area contributed by atoms with E-state index in [9.17, 15) is 14.4 Å². The van der Waals surface area contributed by atoms with Crippen LogP contribution in [-0.2, 0) is 14.1 Å². The van der Waals surface area contributed by atoms with Crippen molar-refractivity contribution in [2.24, 2.45) is 14.1 Å². The van der Waals surface area contributed by atoms with Crippen molar-refractivity contribution in [1.29, 1.82) is 0 Å².